The van der Waals surface area contributed by atoms with Crippen LogP contribution in [0.3, 0.4) is 0 Å². The topological polar surface area (TPSA) is 72.1 Å². The predicted molar refractivity (Wildman–Crippen MR) is 75.7 cm³/mol. The van der Waals surface area contributed by atoms with Crippen LogP contribution in [0.15, 0.2) is 23.0 Å². The van der Waals surface area contributed by atoms with Crippen molar-refractivity contribution in [3.63, 3.8) is 0 Å². The highest BCUT2D eigenvalue weighted by Gasteiger charge is 2.29. The minimum Gasteiger partial charge on any atom is -0.445 e. The van der Waals surface area contributed by atoms with Gasteiger partial charge in [-0.15, -0.1) is 0 Å². The molecule has 1 aliphatic rings. The molecular formula is C15H18N4O2. The summed E-state index contributed by atoms with van der Waals surface area (Å²) in [4.78, 5) is 26.7. The number of aromatic nitrogens is 3. The molecule has 0 spiro atoms. The number of rotatable bonds is 1. The minimum absolute atomic E-state index is 0.117. The fraction of sp³-hybridized carbons (Fsp3) is 0.467. The number of amides is 1. The van der Waals surface area contributed by atoms with Gasteiger partial charge in [-0.05, 0) is 0 Å². The Labute approximate surface area is 123 Å². The molecule has 0 saturated carbocycles. The molecule has 3 rings (SSSR count). The normalized spacial score (nSPS) is 14.9. The molecule has 2 aromatic rings. The lowest BCUT2D eigenvalue weighted by molar-refractivity contribution is 0.0721. The first-order valence-electron chi connectivity index (χ1n) is 6.99. The highest BCUT2D eigenvalue weighted by molar-refractivity contribution is 5.92. The Bertz CT molecular complexity index is 658. The highest BCUT2D eigenvalue weighted by atomic mass is 16.4. The maximum atomic E-state index is 12.4. The first-order valence-corrected chi connectivity index (χ1v) is 6.99. The summed E-state index contributed by atoms with van der Waals surface area (Å²) in [6, 6.07) is 0. The number of hydrogen-bond donors (Lipinski definition) is 0. The molecule has 3 heterocycles. The van der Waals surface area contributed by atoms with E-state index in [2.05, 4.69) is 35.7 Å². The van der Waals surface area contributed by atoms with Crippen molar-refractivity contribution in [3.8, 4) is 0 Å². The third kappa shape index (κ3) is 2.66. The van der Waals surface area contributed by atoms with Crippen molar-refractivity contribution < 1.29 is 9.21 Å². The molecular weight excluding hydrogens is 268 g/mol. The van der Waals surface area contributed by atoms with Crippen LogP contribution in [0.2, 0.25) is 0 Å². The van der Waals surface area contributed by atoms with Crippen molar-refractivity contribution in [3.05, 3.63) is 41.6 Å². The summed E-state index contributed by atoms with van der Waals surface area (Å²) in [6.07, 6.45) is 5.25. The standard InChI is InChI=1S/C15H18N4O2/c1-15(2,3)14-18-11-9-19(7-4-12(11)21-14)13(20)10-8-16-5-6-17-10/h5-6,8H,4,7,9H2,1-3H3. The molecule has 0 saturated heterocycles. The number of nitrogens with zero attached hydrogens (tertiary/aromatic N) is 4. The van der Waals surface area contributed by atoms with Crippen molar-refractivity contribution in [2.75, 3.05) is 6.54 Å². The zero-order valence-electron chi connectivity index (χ0n) is 12.5. The number of carbonyl (C=O) groups is 1. The number of fused-ring (bicyclic) bond motifs is 1. The average Bonchev–Trinajstić information content (AvgIpc) is 2.90. The molecule has 0 unspecified atom stereocenters. The van der Waals surface area contributed by atoms with Gasteiger partial charge in [0.1, 0.15) is 17.1 Å². The molecule has 6 nitrogen and oxygen atoms in total. The van der Waals surface area contributed by atoms with Crippen LogP contribution in [0.4, 0.5) is 0 Å². The molecule has 2 aromatic heterocycles. The Hall–Kier alpha value is -2.24. The maximum absolute atomic E-state index is 12.4. The molecule has 1 aliphatic heterocycles. The first kappa shape index (κ1) is 13.7. The Morgan fingerprint density at radius 1 is 1.33 bits per heavy atom. The SMILES string of the molecule is CC(C)(C)c1nc2c(o1)CCN(C(=O)c1cnccn1)C2. The fourth-order valence-electron chi connectivity index (χ4n) is 2.26. The lowest BCUT2D eigenvalue weighted by Crippen LogP contribution is -2.36. The van der Waals surface area contributed by atoms with Gasteiger partial charge < -0.3 is 9.32 Å². The number of hydrogen-bond acceptors (Lipinski definition) is 5. The summed E-state index contributed by atoms with van der Waals surface area (Å²) in [6.45, 7) is 7.26. The summed E-state index contributed by atoms with van der Waals surface area (Å²) in [7, 11) is 0. The van der Waals surface area contributed by atoms with E-state index in [0.717, 1.165) is 17.3 Å². The van der Waals surface area contributed by atoms with E-state index >= 15 is 0 Å². The van der Waals surface area contributed by atoms with E-state index in [-0.39, 0.29) is 11.3 Å². The molecule has 0 bridgehead atoms. The molecule has 0 aromatic carbocycles. The molecule has 0 atom stereocenters. The van der Waals surface area contributed by atoms with Gasteiger partial charge in [0.15, 0.2) is 5.89 Å². The van der Waals surface area contributed by atoms with E-state index in [4.69, 9.17) is 4.42 Å². The molecule has 6 heteroatoms. The number of carbonyl (C=O) groups excluding carboxylic acids is 1. The van der Waals surface area contributed by atoms with E-state index in [1.807, 2.05) is 0 Å². The molecule has 0 radical (unpaired) electrons. The van der Waals surface area contributed by atoms with Crippen LogP contribution in [-0.2, 0) is 18.4 Å². The zero-order chi connectivity index (χ0) is 15.0. The Morgan fingerprint density at radius 3 is 2.81 bits per heavy atom. The Kier molecular flexibility index (Phi) is 3.23. The van der Waals surface area contributed by atoms with E-state index in [9.17, 15) is 4.79 Å². The maximum Gasteiger partial charge on any atom is 0.274 e. The van der Waals surface area contributed by atoms with Gasteiger partial charge in [0.2, 0.25) is 0 Å². The van der Waals surface area contributed by atoms with Crippen molar-refractivity contribution in [2.45, 2.75) is 39.2 Å². The lowest BCUT2D eigenvalue weighted by Gasteiger charge is -2.24. The fourth-order valence-corrected chi connectivity index (χ4v) is 2.26. The van der Waals surface area contributed by atoms with Crippen molar-refractivity contribution in [1.29, 1.82) is 0 Å². The minimum atomic E-state index is -0.128. The van der Waals surface area contributed by atoms with Gasteiger partial charge in [-0.25, -0.2) is 9.97 Å². The van der Waals surface area contributed by atoms with Gasteiger partial charge in [-0.1, -0.05) is 20.8 Å². The lowest BCUT2D eigenvalue weighted by atomic mass is 9.97. The molecule has 0 aliphatic carbocycles. The van der Waals surface area contributed by atoms with E-state index in [1.165, 1.54) is 12.4 Å². The predicted octanol–water partition coefficient (Wildman–Crippen LogP) is 1.96. The number of oxazole rings is 1. The average molecular weight is 286 g/mol. The molecule has 1 amide bonds. The summed E-state index contributed by atoms with van der Waals surface area (Å²) in [5.74, 6) is 1.50. The van der Waals surface area contributed by atoms with Crippen molar-refractivity contribution >= 4 is 5.91 Å². The Morgan fingerprint density at radius 2 is 2.14 bits per heavy atom. The van der Waals surface area contributed by atoms with Crippen LogP contribution in [0.25, 0.3) is 0 Å². The summed E-state index contributed by atoms with van der Waals surface area (Å²) < 4.78 is 5.83. The summed E-state index contributed by atoms with van der Waals surface area (Å²) in [5.41, 5.74) is 1.08. The van der Waals surface area contributed by atoms with Crippen LogP contribution in [0.5, 0.6) is 0 Å². The second kappa shape index (κ2) is 4.95. The van der Waals surface area contributed by atoms with Gasteiger partial charge in [0, 0.05) is 30.8 Å². The third-order valence-electron chi connectivity index (χ3n) is 3.44. The van der Waals surface area contributed by atoms with Gasteiger partial charge in [0.05, 0.1) is 12.7 Å². The van der Waals surface area contributed by atoms with E-state index in [1.54, 1.807) is 11.1 Å². The van der Waals surface area contributed by atoms with Crippen LogP contribution in [0, 0.1) is 0 Å². The van der Waals surface area contributed by atoms with Crippen molar-refractivity contribution in [2.24, 2.45) is 0 Å². The second-order valence-corrected chi connectivity index (χ2v) is 6.21. The third-order valence-corrected chi connectivity index (χ3v) is 3.44. The second-order valence-electron chi connectivity index (χ2n) is 6.21. The smallest absolute Gasteiger partial charge is 0.274 e. The van der Waals surface area contributed by atoms with E-state index < -0.39 is 0 Å². The van der Waals surface area contributed by atoms with Crippen LogP contribution in [-0.4, -0.2) is 32.3 Å². The van der Waals surface area contributed by atoms with E-state index in [0.29, 0.717) is 25.2 Å². The monoisotopic (exact) mass is 286 g/mol. The van der Waals surface area contributed by atoms with Gasteiger partial charge in [0.25, 0.3) is 5.91 Å². The van der Waals surface area contributed by atoms with Gasteiger partial charge >= 0.3 is 0 Å². The summed E-state index contributed by atoms with van der Waals surface area (Å²) in [5, 5.41) is 0. The largest absolute Gasteiger partial charge is 0.445 e. The quantitative estimate of drug-likeness (QED) is 0.801. The highest BCUT2D eigenvalue weighted by Crippen LogP contribution is 2.27. The Balaban J connectivity index is 1.82. The molecule has 0 N–H and O–H groups in total. The van der Waals surface area contributed by atoms with Gasteiger partial charge in [-0.2, -0.15) is 0 Å². The van der Waals surface area contributed by atoms with Crippen molar-refractivity contribution in [1.82, 2.24) is 19.9 Å². The van der Waals surface area contributed by atoms with Crippen LogP contribution < -0.4 is 0 Å². The van der Waals surface area contributed by atoms with Crippen LogP contribution >= 0.6 is 0 Å². The molecule has 21 heavy (non-hydrogen) atoms. The zero-order valence-corrected chi connectivity index (χ0v) is 12.5. The summed E-state index contributed by atoms with van der Waals surface area (Å²) >= 11 is 0. The van der Waals surface area contributed by atoms with Crippen LogP contribution in [0.1, 0.15) is 48.6 Å². The first-order chi connectivity index (χ1) is 9.95. The van der Waals surface area contributed by atoms with Gasteiger partial charge in [-0.3, -0.25) is 9.78 Å². The molecule has 0 fully saturated rings. The molecule has 110 valence electrons.